The summed E-state index contributed by atoms with van der Waals surface area (Å²) in [6.45, 7) is 3.02. The maximum atomic E-state index is 4.16. The normalized spacial score (nSPS) is 12.6. The Morgan fingerprint density at radius 3 is 2.75 bits per heavy atom. The first-order valence-electron chi connectivity index (χ1n) is 5.25. The van der Waals surface area contributed by atoms with Crippen LogP contribution in [0.1, 0.15) is 30.8 Å². The molecular weight excluding hydrogens is 204 g/mol. The van der Waals surface area contributed by atoms with Crippen LogP contribution in [-0.4, -0.2) is 31.7 Å². The van der Waals surface area contributed by atoms with E-state index in [9.17, 15) is 0 Å². The van der Waals surface area contributed by atoms with Crippen molar-refractivity contribution >= 4 is 0 Å². The molecule has 84 valence electrons. The number of hydrogen-bond donors (Lipinski definition) is 2. The summed E-state index contributed by atoms with van der Waals surface area (Å²) in [6.07, 6.45) is 7.63. The molecule has 0 spiro atoms. The van der Waals surface area contributed by atoms with Gasteiger partial charge in [-0.15, -0.1) is 0 Å². The van der Waals surface area contributed by atoms with Crippen LogP contribution in [0.3, 0.4) is 0 Å². The molecule has 2 heterocycles. The Labute approximate surface area is 93.6 Å². The van der Waals surface area contributed by atoms with Crippen LogP contribution in [0.5, 0.6) is 0 Å². The van der Waals surface area contributed by atoms with Crippen molar-refractivity contribution in [2.75, 3.05) is 6.54 Å². The molecule has 0 saturated carbocycles. The second kappa shape index (κ2) is 5.32. The van der Waals surface area contributed by atoms with Gasteiger partial charge in [0.15, 0.2) is 0 Å². The van der Waals surface area contributed by atoms with Crippen molar-refractivity contribution in [3.8, 4) is 0 Å². The highest BCUT2D eigenvalue weighted by Gasteiger charge is 2.16. The molecule has 0 radical (unpaired) electrons. The van der Waals surface area contributed by atoms with Crippen molar-refractivity contribution in [1.29, 1.82) is 0 Å². The Kier molecular flexibility index (Phi) is 3.55. The third-order valence-electron chi connectivity index (χ3n) is 2.22. The van der Waals surface area contributed by atoms with E-state index in [1.165, 1.54) is 12.7 Å². The van der Waals surface area contributed by atoms with Crippen LogP contribution in [-0.2, 0) is 0 Å². The molecule has 2 rings (SSSR count). The van der Waals surface area contributed by atoms with Crippen LogP contribution in [0.2, 0.25) is 0 Å². The predicted octanol–water partition coefficient (Wildman–Crippen LogP) is 0.684. The molecule has 1 atom stereocenters. The summed E-state index contributed by atoms with van der Waals surface area (Å²) in [7, 11) is 0. The van der Waals surface area contributed by atoms with Gasteiger partial charge in [0.2, 0.25) is 0 Å². The van der Waals surface area contributed by atoms with Crippen molar-refractivity contribution in [3.63, 3.8) is 0 Å². The van der Waals surface area contributed by atoms with Crippen LogP contribution in [0, 0.1) is 0 Å². The van der Waals surface area contributed by atoms with Crippen molar-refractivity contribution in [2.45, 2.75) is 19.4 Å². The van der Waals surface area contributed by atoms with Gasteiger partial charge in [-0.1, -0.05) is 6.92 Å². The van der Waals surface area contributed by atoms with Gasteiger partial charge in [0, 0.05) is 18.0 Å². The Morgan fingerprint density at radius 2 is 2.12 bits per heavy atom. The second-order valence-electron chi connectivity index (χ2n) is 3.43. The lowest BCUT2D eigenvalue weighted by Crippen LogP contribution is -2.24. The number of nitrogens with zero attached hydrogens (tertiary/aromatic N) is 4. The molecule has 2 N–H and O–H groups in total. The van der Waals surface area contributed by atoms with Gasteiger partial charge in [-0.2, -0.15) is 5.10 Å². The molecule has 0 aliphatic carbocycles. The quantitative estimate of drug-likeness (QED) is 0.771. The zero-order valence-electron chi connectivity index (χ0n) is 9.09. The zero-order valence-corrected chi connectivity index (χ0v) is 9.09. The Morgan fingerprint density at radius 1 is 1.31 bits per heavy atom. The molecule has 16 heavy (non-hydrogen) atoms. The third kappa shape index (κ3) is 2.40. The van der Waals surface area contributed by atoms with E-state index in [4.69, 9.17) is 0 Å². The molecular formula is C10H14N6. The average Bonchev–Trinajstić information content (AvgIpc) is 2.85. The molecule has 0 fully saturated rings. The minimum absolute atomic E-state index is 0.0244. The summed E-state index contributed by atoms with van der Waals surface area (Å²) in [6, 6.07) is -0.0244. The van der Waals surface area contributed by atoms with Gasteiger partial charge < -0.3 is 5.32 Å². The average molecular weight is 218 g/mol. The van der Waals surface area contributed by atoms with Gasteiger partial charge in [0.05, 0.1) is 6.04 Å². The molecule has 0 saturated heterocycles. The molecule has 6 nitrogen and oxygen atoms in total. The highest BCUT2D eigenvalue weighted by Crippen LogP contribution is 2.15. The van der Waals surface area contributed by atoms with Crippen LogP contribution < -0.4 is 5.32 Å². The van der Waals surface area contributed by atoms with Gasteiger partial charge in [-0.05, 0) is 13.0 Å². The van der Waals surface area contributed by atoms with Crippen molar-refractivity contribution in [3.05, 3.63) is 36.4 Å². The van der Waals surface area contributed by atoms with Gasteiger partial charge >= 0.3 is 0 Å². The predicted molar refractivity (Wildman–Crippen MR) is 58.6 cm³/mol. The minimum atomic E-state index is -0.0244. The molecule has 0 bridgehead atoms. The number of hydrogen-bond acceptors (Lipinski definition) is 5. The number of nitrogens with one attached hydrogen (secondary N) is 2. The number of H-pyrrole nitrogens is 1. The van der Waals surface area contributed by atoms with E-state index in [2.05, 4.69) is 37.4 Å². The van der Waals surface area contributed by atoms with Crippen LogP contribution in [0.4, 0.5) is 0 Å². The molecule has 0 aliphatic rings. The van der Waals surface area contributed by atoms with Crippen LogP contribution in [0.25, 0.3) is 0 Å². The molecule has 2 aromatic rings. The summed E-state index contributed by atoms with van der Waals surface area (Å²) >= 11 is 0. The lowest BCUT2D eigenvalue weighted by Gasteiger charge is -2.15. The van der Waals surface area contributed by atoms with Crippen LogP contribution in [0.15, 0.2) is 25.0 Å². The van der Waals surface area contributed by atoms with E-state index in [1.54, 1.807) is 12.4 Å². The molecule has 1 unspecified atom stereocenters. The largest absolute Gasteiger partial charge is 0.304 e. The summed E-state index contributed by atoms with van der Waals surface area (Å²) in [4.78, 5) is 12.2. The number of aromatic amines is 1. The highest BCUT2D eigenvalue weighted by atomic mass is 15.2. The fourth-order valence-corrected chi connectivity index (χ4v) is 1.47. The van der Waals surface area contributed by atoms with Crippen molar-refractivity contribution in [1.82, 2.24) is 30.5 Å². The fourth-order valence-electron chi connectivity index (χ4n) is 1.47. The summed E-state index contributed by atoms with van der Waals surface area (Å²) in [5.74, 6) is 0.781. The van der Waals surface area contributed by atoms with Gasteiger partial charge in [-0.25, -0.2) is 15.0 Å². The number of rotatable bonds is 5. The maximum Gasteiger partial charge on any atom is 0.146 e. The Hall–Kier alpha value is -1.82. The Bertz CT molecular complexity index is 399. The Balaban J connectivity index is 2.21. The van der Waals surface area contributed by atoms with Gasteiger partial charge in [0.25, 0.3) is 0 Å². The van der Waals surface area contributed by atoms with Crippen LogP contribution >= 0.6 is 0 Å². The summed E-state index contributed by atoms with van der Waals surface area (Å²) in [5.41, 5.74) is 0.979. The maximum absolute atomic E-state index is 4.16. The smallest absolute Gasteiger partial charge is 0.146 e. The van der Waals surface area contributed by atoms with E-state index in [1.807, 2.05) is 0 Å². The fraction of sp³-hybridized carbons (Fsp3) is 0.400. The van der Waals surface area contributed by atoms with E-state index < -0.39 is 0 Å². The number of aromatic nitrogens is 5. The topological polar surface area (TPSA) is 79.4 Å². The SMILES string of the molecule is CCCNC(c1cncnc1)c1ncn[nH]1. The van der Waals surface area contributed by atoms with Crippen molar-refractivity contribution in [2.24, 2.45) is 0 Å². The summed E-state index contributed by atoms with van der Waals surface area (Å²) < 4.78 is 0. The van der Waals surface area contributed by atoms with Gasteiger partial charge in [-0.3, -0.25) is 5.10 Å². The first-order valence-corrected chi connectivity index (χ1v) is 5.25. The molecule has 0 aromatic carbocycles. The summed E-state index contributed by atoms with van der Waals surface area (Å²) in [5, 5.41) is 10.1. The van der Waals surface area contributed by atoms with E-state index in [0.29, 0.717) is 0 Å². The second-order valence-corrected chi connectivity index (χ2v) is 3.43. The zero-order chi connectivity index (χ0) is 11.2. The first-order chi connectivity index (χ1) is 7.92. The third-order valence-corrected chi connectivity index (χ3v) is 2.22. The van der Waals surface area contributed by atoms with E-state index in [0.717, 1.165) is 24.4 Å². The standard InChI is InChI=1S/C10H14N6/c1-2-3-13-9(10-14-7-15-16-10)8-4-11-6-12-5-8/h4-7,9,13H,2-3H2,1H3,(H,14,15,16). The van der Waals surface area contributed by atoms with Gasteiger partial charge in [0.1, 0.15) is 18.5 Å². The molecule has 6 heteroatoms. The molecule has 0 aliphatic heterocycles. The van der Waals surface area contributed by atoms with E-state index >= 15 is 0 Å². The lowest BCUT2D eigenvalue weighted by molar-refractivity contribution is 0.570. The monoisotopic (exact) mass is 218 g/mol. The minimum Gasteiger partial charge on any atom is -0.304 e. The van der Waals surface area contributed by atoms with Crippen molar-refractivity contribution < 1.29 is 0 Å². The highest BCUT2D eigenvalue weighted by molar-refractivity contribution is 5.17. The molecule has 0 amide bonds. The molecule has 2 aromatic heterocycles. The van der Waals surface area contributed by atoms with E-state index in [-0.39, 0.29) is 6.04 Å². The lowest BCUT2D eigenvalue weighted by atomic mass is 10.1. The first kappa shape index (κ1) is 10.7.